The van der Waals surface area contributed by atoms with Gasteiger partial charge in [0.25, 0.3) is 5.69 Å². The van der Waals surface area contributed by atoms with Gasteiger partial charge in [0, 0.05) is 35.6 Å². The molecule has 0 N–H and O–H groups in total. The second-order valence-corrected chi connectivity index (χ2v) is 9.68. The summed E-state index contributed by atoms with van der Waals surface area (Å²) in [6, 6.07) is 15.6. The summed E-state index contributed by atoms with van der Waals surface area (Å²) in [7, 11) is 0. The molecule has 4 rings (SSSR count). The molecule has 0 atom stereocenters. The maximum absolute atomic E-state index is 13.7. The number of nitro benzene ring substituents is 1. The van der Waals surface area contributed by atoms with Gasteiger partial charge in [-0.3, -0.25) is 10.1 Å². The summed E-state index contributed by atoms with van der Waals surface area (Å²) in [5, 5.41) is 15.6. The lowest BCUT2D eigenvalue weighted by Crippen LogP contribution is -2.34. The van der Waals surface area contributed by atoms with Crippen LogP contribution in [0.25, 0.3) is 11.1 Å². The summed E-state index contributed by atoms with van der Waals surface area (Å²) >= 11 is 0. The van der Waals surface area contributed by atoms with Crippen LogP contribution in [-0.4, -0.2) is 35.6 Å². The second-order valence-electron chi connectivity index (χ2n) is 9.68. The summed E-state index contributed by atoms with van der Waals surface area (Å²) in [5.41, 5.74) is 2.66. The van der Waals surface area contributed by atoms with Gasteiger partial charge in [-0.1, -0.05) is 41.6 Å². The van der Waals surface area contributed by atoms with Crippen LogP contribution in [0.5, 0.6) is 5.75 Å². The van der Waals surface area contributed by atoms with Gasteiger partial charge in [0.15, 0.2) is 6.61 Å². The molecule has 0 aliphatic heterocycles. The molecule has 42 heavy (non-hydrogen) atoms. The lowest BCUT2D eigenvalue weighted by atomic mass is 9.72. The number of benzene rings is 3. The fourth-order valence-electron chi connectivity index (χ4n) is 5.15. The van der Waals surface area contributed by atoms with E-state index in [2.05, 4.69) is 18.3 Å². The van der Waals surface area contributed by atoms with E-state index in [0.717, 1.165) is 23.6 Å². The molecule has 0 amide bonds. The number of fused-ring (bicyclic) bond motifs is 3. The van der Waals surface area contributed by atoms with Crippen molar-refractivity contribution in [1.82, 2.24) is 0 Å². The van der Waals surface area contributed by atoms with Crippen molar-refractivity contribution in [1.29, 1.82) is 0 Å². The average Bonchev–Trinajstić information content (AvgIpc) is 3.21. The van der Waals surface area contributed by atoms with Crippen LogP contribution in [0.4, 0.5) is 23.2 Å². The highest BCUT2D eigenvalue weighted by molar-refractivity contribution is 6.15. The first-order chi connectivity index (χ1) is 19.9. The van der Waals surface area contributed by atoms with Gasteiger partial charge < -0.3 is 9.57 Å². The minimum atomic E-state index is -4.41. The summed E-state index contributed by atoms with van der Waals surface area (Å²) < 4.78 is 58.1. The Bertz CT molecular complexity index is 1580. The largest absolute Gasteiger partial charge is 0.486 e. The number of nitrogens with zero attached hydrogens (tertiary/aromatic N) is 2. The maximum atomic E-state index is 13.7. The number of hydrogen-bond donors (Lipinski definition) is 0. The van der Waals surface area contributed by atoms with Gasteiger partial charge >= 0.3 is 18.3 Å². The zero-order valence-electron chi connectivity index (χ0n) is 22.5. The highest BCUT2D eigenvalue weighted by Crippen LogP contribution is 2.54. The van der Waals surface area contributed by atoms with E-state index in [0.29, 0.717) is 24.0 Å². The smallest absolute Gasteiger partial charge is 0.340 e. The molecular formula is C31H26F4N2O5. The predicted octanol–water partition coefficient (Wildman–Crippen LogP) is 7.61. The highest BCUT2D eigenvalue weighted by Gasteiger charge is 2.43. The Morgan fingerprint density at radius 2 is 1.67 bits per heavy atom. The number of oxime groups is 1. The highest BCUT2D eigenvalue weighted by atomic mass is 19.3. The Labute approximate surface area is 238 Å². The Morgan fingerprint density at radius 1 is 1.05 bits per heavy atom. The van der Waals surface area contributed by atoms with E-state index >= 15 is 0 Å². The first kappa shape index (κ1) is 30.2. The molecule has 218 valence electrons. The van der Waals surface area contributed by atoms with Gasteiger partial charge in [0.1, 0.15) is 11.5 Å². The zero-order valence-corrected chi connectivity index (χ0v) is 22.5. The van der Waals surface area contributed by atoms with Gasteiger partial charge in [-0.05, 0) is 59.4 Å². The molecule has 3 aromatic rings. The van der Waals surface area contributed by atoms with Crippen LogP contribution >= 0.6 is 0 Å². The number of para-hydroxylation sites is 1. The molecule has 0 bridgehead atoms. The van der Waals surface area contributed by atoms with Crippen LogP contribution in [0, 0.1) is 10.1 Å². The Hall–Kier alpha value is -4.80. The molecule has 1 aliphatic rings. The van der Waals surface area contributed by atoms with Crippen LogP contribution in [0.3, 0.4) is 0 Å². The van der Waals surface area contributed by atoms with Crippen molar-refractivity contribution in [2.45, 2.75) is 37.5 Å². The van der Waals surface area contributed by atoms with Crippen molar-refractivity contribution in [2.24, 2.45) is 5.16 Å². The van der Waals surface area contributed by atoms with E-state index in [1.54, 1.807) is 42.5 Å². The standard InChI is InChI=1S/C31H26F4N2O5/c1-4-14-30(15-5-2)25-16-20(10-12-22(25)23-13-11-21(37(39)40)17-26(23)30)28(36-42-19(3)38)24-8-6-7-9-27(24)41-18-31(34,35)29(32)33/h4-13,16-17,29H,1-2,14-15,18H2,3H3/b36-28-. The molecule has 1 aliphatic carbocycles. The Balaban J connectivity index is 1.91. The van der Waals surface area contributed by atoms with Crippen LogP contribution in [0.15, 0.2) is 91.1 Å². The molecular weight excluding hydrogens is 556 g/mol. The van der Waals surface area contributed by atoms with Crippen molar-refractivity contribution in [3.05, 3.63) is 118 Å². The normalized spacial score (nSPS) is 13.7. The number of alkyl halides is 4. The van der Waals surface area contributed by atoms with E-state index in [9.17, 15) is 32.5 Å². The third kappa shape index (κ3) is 5.67. The molecule has 11 heteroatoms. The van der Waals surface area contributed by atoms with Crippen molar-refractivity contribution >= 4 is 17.4 Å². The molecule has 0 aromatic heterocycles. The topological polar surface area (TPSA) is 91.0 Å². The molecule has 0 heterocycles. The first-order valence-corrected chi connectivity index (χ1v) is 12.7. The van der Waals surface area contributed by atoms with Gasteiger partial charge in [-0.25, -0.2) is 13.6 Å². The maximum Gasteiger partial charge on any atom is 0.340 e. The molecule has 0 saturated carbocycles. The Morgan fingerprint density at radius 3 is 2.26 bits per heavy atom. The number of ether oxygens (including phenoxy) is 1. The second kappa shape index (κ2) is 12.0. The molecule has 3 aromatic carbocycles. The lowest BCUT2D eigenvalue weighted by molar-refractivity contribution is -0.384. The number of halogens is 4. The van der Waals surface area contributed by atoms with Gasteiger partial charge in [0.2, 0.25) is 0 Å². The number of carbonyl (C=O) groups is 1. The van der Waals surface area contributed by atoms with Crippen LogP contribution in [0.1, 0.15) is 42.0 Å². The lowest BCUT2D eigenvalue weighted by Gasteiger charge is -2.30. The first-order valence-electron chi connectivity index (χ1n) is 12.7. The van der Waals surface area contributed by atoms with Crippen LogP contribution in [0.2, 0.25) is 0 Å². The third-order valence-electron chi connectivity index (χ3n) is 6.96. The summed E-state index contributed by atoms with van der Waals surface area (Å²) in [5.74, 6) is -5.35. The monoisotopic (exact) mass is 582 g/mol. The fraction of sp³-hybridized carbons (Fsp3) is 0.226. The minimum absolute atomic E-state index is 0.0111. The molecule has 7 nitrogen and oxygen atoms in total. The SMILES string of the molecule is C=CCC1(CC=C)c2cc(/C(=N/OC(C)=O)c3ccccc3OCC(F)(F)C(F)F)ccc2-c2ccc([N+](=O)[O-])cc21. The van der Waals surface area contributed by atoms with Crippen LogP contribution < -0.4 is 4.74 Å². The number of non-ortho nitro benzene ring substituents is 1. The molecule has 0 spiro atoms. The van der Waals surface area contributed by atoms with Gasteiger partial charge in [-0.2, -0.15) is 8.78 Å². The average molecular weight is 583 g/mol. The fourth-order valence-corrected chi connectivity index (χ4v) is 5.15. The molecule has 0 radical (unpaired) electrons. The van der Waals surface area contributed by atoms with Crippen LogP contribution in [-0.2, 0) is 15.0 Å². The summed E-state index contributed by atoms with van der Waals surface area (Å²) in [4.78, 5) is 27.8. The Kier molecular flexibility index (Phi) is 8.60. The number of rotatable bonds is 12. The van der Waals surface area contributed by atoms with E-state index in [-0.39, 0.29) is 22.7 Å². The van der Waals surface area contributed by atoms with E-state index < -0.39 is 35.3 Å². The van der Waals surface area contributed by atoms with Gasteiger partial charge in [0.05, 0.1) is 4.92 Å². The zero-order chi connectivity index (χ0) is 30.7. The number of hydrogen-bond acceptors (Lipinski definition) is 6. The van der Waals surface area contributed by atoms with Crippen molar-refractivity contribution in [2.75, 3.05) is 6.61 Å². The minimum Gasteiger partial charge on any atom is -0.486 e. The molecule has 0 fully saturated rings. The van der Waals surface area contributed by atoms with Gasteiger partial charge in [-0.15, -0.1) is 13.2 Å². The number of nitro groups is 1. The summed E-state index contributed by atoms with van der Waals surface area (Å²) in [6.45, 7) is 7.31. The van der Waals surface area contributed by atoms with E-state index in [1.165, 1.54) is 30.3 Å². The number of allylic oxidation sites excluding steroid dienone is 2. The van der Waals surface area contributed by atoms with E-state index in [1.807, 2.05) is 0 Å². The summed E-state index contributed by atoms with van der Waals surface area (Å²) in [6.07, 6.45) is 0.253. The predicted molar refractivity (Wildman–Crippen MR) is 149 cm³/mol. The molecule has 0 unspecified atom stereocenters. The van der Waals surface area contributed by atoms with E-state index in [4.69, 9.17) is 9.57 Å². The third-order valence-corrected chi connectivity index (χ3v) is 6.96. The quantitative estimate of drug-likeness (QED) is 0.0548. The van der Waals surface area contributed by atoms with Crippen molar-refractivity contribution in [3.8, 4) is 16.9 Å². The van der Waals surface area contributed by atoms with Crippen molar-refractivity contribution < 1.29 is 36.9 Å². The van der Waals surface area contributed by atoms with Crippen molar-refractivity contribution in [3.63, 3.8) is 0 Å². The molecule has 0 saturated heterocycles. The number of carbonyl (C=O) groups excluding carboxylic acids is 1.